The summed E-state index contributed by atoms with van der Waals surface area (Å²) >= 11 is 0. The van der Waals surface area contributed by atoms with Crippen molar-refractivity contribution in [1.29, 1.82) is 0 Å². The molecule has 1 aliphatic carbocycles. The summed E-state index contributed by atoms with van der Waals surface area (Å²) in [7, 11) is 3.17. The predicted octanol–water partition coefficient (Wildman–Crippen LogP) is 5.50. The number of methoxy groups -OCH3 is 2. The number of carbonyl (C=O) groups excluding carboxylic acids is 1. The van der Waals surface area contributed by atoms with Gasteiger partial charge in [-0.1, -0.05) is 18.6 Å². The van der Waals surface area contributed by atoms with E-state index in [-0.39, 0.29) is 47.7 Å². The van der Waals surface area contributed by atoms with Crippen LogP contribution in [0.25, 0.3) is 0 Å². The van der Waals surface area contributed by atoms with E-state index in [4.69, 9.17) is 28.4 Å². The van der Waals surface area contributed by atoms with E-state index >= 15 is 0 Å². The van der Waals surface area contributed by atoms with Crippen molar-refractivity contribution in [3.8, 4) is 5.75 Å². The number of rotatable bonds is 14. The van der Waals surface area contributed by atoms with Crippen LogP contribution in [0.1, 0.15) is 53.4 Å². The van der Waals surface area contributed by atoms with Gasteiger partial charge in [0.25, 0.3) is 5.69 Å². The summed E-state index contributed by atoms with van der Waals surface area (Å²) in [4.78, 5) is 22.5. The molecule has 1 aromatic carbocycles. The van der Waals surface area contributed by atoms with Crippen LogP contribution in [0.15, 0.2) is 48.4 Å². The molecular weight excluding hydrogens is 520 g/mol. The molecule has 1 aromatic rings. The number of benzene rings is 1. The van der Waals surface area contributed by atoms with Crippen molar-refractivity contribution < 1.29 is 38.1 Å². The number of epoxide rings is 1. The minimum Gasteiger partial charge on any atom is -0.474 e. The topological polar surface area (TPSA) is 131 Å². The molecule has 11 nitrogen and oxygen atoms in total. The molecule has 3 rings (SSSR count). The highest BCUT2D eigenvalue weighted by molar-refractivity contribution is 5.64. The Kier molecular flexibility index (Phi) is 10.6. The Labute approximate surface area is 235 Å². The van der Waals surface area contributed by atoms with Crippen LogP contribution in [0.2, 0.25) is 0 Å². The van der Waals surface area contributed by atoms with Crippen LogP contribution in [0.5, 0.6) is 5.75 Å². The number of ether oxygens (including phenoxy) is 6. The third kappa shape index (κ3) is 8.18. The minimum absolute atomic E-state index is 0.111. The Morgan fingerprint density at radius 3 is 2.55 bits per heavy atom. The molecule has 2 fully saturated rings. The van der Waals surface area contributed by atoms with Crippen LogP contribution in [-0.4, -0.2) is 62.0 Å². The average Bonchev–Trinajstić information content (AvgIpc) is 3.68. The molecular formula is C29H42N2O9. The van der Waals surface area contributed by atoms with Crippen molar-refractivity contribution >= 4 is 11.8 Å². The molecule has 222 valence electrons. The van der Waals surface area contributed by atoms with Crippen molar-refractivity contribution in [1.82, 2.24) is 5.32 Å². The van der Waals surface area contributed by atoms with Gasteiger partial charge in [0.05, 0.1) is 23.2 Å². The first-order valence-electron chi connectivity index (χ1n) is 13.5. The maximum Gasteiger partial charge on any atom is 0.514 e. The zero-order chi connectivity index (χ0) is 29.5. The lowest BCUT2D eigenvalue weighted by Gasteiger charge is -2.44. The standard InChI is InChI=1S/C29H42N2O9/c1-19(2)9-8-10-20(3)25-26(35-6)24(15-16-29(25)18-38-29)39-21(4)30-28(5,36-7)17-37-27(32)40-23-13-11-22(12-14-23)31(33)34/h9,11-14,20,24-26,30H,4,8,10,15-18H2,1-3,5-7H3/t20-,24?,25?,26?,28?,29+/m1/s1. The first kappa shape index (κ1) is 31.4. The van der Waals surface area contributed by atoms with Crippen molar-refractivity contribution in [3.63, 3.8) is 0 Å². The van der Waals surface area contributed by atoms with Crippen LogP contribution >= 0.6 is 0 Å². The van der Waals surface area contributed by atoms with Gasteiger partial charge in [-0.15, -0.1) is 0 Å². The fourth-order valence-corrected chi connectivity index (χ4v) is 5.37. The molecule has 0 amide bonds. The lowest BCUT2D eigenvalue weighted by molar-refractivity contribution is -0.384. The predicted molar refractivity (Wildman–Crippen MR) is 148 cm³/mol. The number of nitro benzene ring substituents is 1. The zero-order valence-corrected chi connectivity index (χ0v) is 24.3. The molecule has 1 aliphatic heterocycles. The highest BCUT2D eigenvalue weighted by Crippen LogP contribution is 2.51. The van der Waals surface area contributed by atoms with Crippen LogP contribution in [-0.2, 0) is 23.7 Å². The number of allylic oxidation sites excluding steroid dienone is 2. The fourth-order valence-electron chi connectivity index (χ4n) is 5.37. The molecule has 4 unspecified atom stereocenters. The van der Waals surface area contributed by atoms with Gasteiger partial charge in [-0.25, -0.2) is 4.79 Å². The maximum absolute atomic E-state index is 12.2. The van der Waals surface area contributed by atoms with E-state index in [1.165, 1.54) is 36.9 Å². The largest absolute Gasteiger partial charge is 0.514 e. The van der Waals surface area contributed by atoms with Gasteiger partial charge >= 0.3 is 6.16 Å². The van der Waals surface area contributed by atoms with E-state index in [0.29, 0.717) is 5.92 Å². The number of hydrogen-bond donors (Lipinski definition) is 1. The van der Waals surface area contributed by atoms with Gasteiger partial charge < -0.3 is 33.7 Å². The second-order valence-corrected chi connectivity index (χ2v) is 11.0. The smallest absolute Gasteiger partial charge is 0.474 e. The molecule has 0 aromatic heterocycles. The molecule has 0 bridgehead atoms. The molecule has 6 atom stereocenters. The molecule has 1 heterocycles. The lowest BCUT2D eigenvalue weighted by Crippen LogP contribution is -2.53. The maximum atomic E-state index is 12.2. The van der Waals surface area contributed by atoms with Gasteiger partial charge in [-0.05, 0) is 71.1 Å². The van der Waals surface area contributed by atoms with Gasteiger partial charge in [0.1, 0.15) is 18.5 Å². The van der Waals surface area contributed by atoms with Crippen LogP contribution in [0.3, 0.4) is 0 Å². The number of non-ortho nitro benzene ring substituents is 1. The molecule has 0 radical (unpaired) electrons. The van der Waals surface area contributed by atoms with Crippen LogP contribution < -0.4 is 10.1 Å². The van der Waals surface area contributed by atoms with Gasteiger partial charge in [0.15, 0.2) is 11.6 Å². The summed E-state index contributed by atoms with van der Waals surface area (Å²) in [6, 6.07) is 5.08. The third-order valence-corrected chi connectivity index (χ3v) is 7.62. The first-order chi connectivity index (χ1) is 18.9. The van der Waals surface area contributed by atoms with Crippen molar-refractivity contribution in [3.05, 3.63) is 58.5 Å². The highest BCUT2D eigenvalue weighted by Gasteiger charge is 2.60. The van der Waals surface area contributed by atoms with E-state index in [0.717, 1.165) is 32.3 Å². The Morgan fingerprint density at radius 1 is 1.32 bits per heavy atom. The van der Waals surface area contributed by atoms with Gasteiger partial charge in [0.2, 0.25) is 0 Å². The minimum atomic E-state index is -1.17. The molecule has 40 heavy (non-hydrogen) atoms. The second-order valence-electron chi connectivity index (χ2n) is 11.0. The van der Waals surface area contributed by atoms with Crippen molar-refractivity contribution in [2.24, 2.45) is 11.8 Å². The fraction of sp³-hybridized carbons (Fsp3) is 0.621. The van der Waals surface area contributed by atoms with Gasteiger partial charge in [0, 0.05) is 32.3 Å². The third-order valence-electron chi connectivity index (χ3n) is 7.62. The molecule has 1 saturated heterocycles. The highest BCUT2D eigenvalue weighted by atomic mass is 16.7. The number of carbonyl (C=O) groups is 1. The number of nitrogens with one attached hydrogen (secondary N) is 1. The quantitative estimate of drug-likeness (QED) is 0.0453. The summed E-state index contributed by atoms with van der Waals surface area (Å²) in [6.45, 7) is 12.7. The summed E-state index contributed by atoms with van der Waals surface area (Å²) in [5.41, 5.74) is -0.127. The Morgan fingerprint density at radius 2 is 2.00 bits per heavy atom. The normalized spacial score (nSPS) is 25.7. The van der Waals surface area contributed by atoms with Crippen molar-refractivity contribution in [2.75, 3.05) is 27.4 Å². The van der Waals surface area contributed by atoms with E-state index in [1.54, 1.807) is 14.0 Å². The van der Waals surface area contributed by atoms with Gasteiger partial charge in [-0.2, -0.15) is 0 Å². The molecule has 1 spiro atoms. The van der Waals surface area contributed by atoms with E-state index in [9.17, 15) is 14.9 Å². The van der Waals surface area contributed by atoms with Crippen LogP contribution in [0, 0.1) is 22.0 Å². The monoisotopic (exact) mass is 562 g/mol. The number of nitrogens with zero attached hydrogens (tertiary/aromatic N) is 1. The van der Waals surface area contributed by atoms with Crippen LogP contribution in [0.4, 0.5) is 10.5 Å². The zero-order valence-electron chi connectivity index (χ0n) is 24.3. The molecule has 2 aliphatic rings. The SMILES string of the molecule is C=C(NC(C)(COC(=O)Oc1ccc([N+](=O)[O-])cc1)OC)OC1CC[C@]2(CO2)C([C@H](C)CCC=C(C)C)C1OC. The second kappa shape index (κ2) is 13.5. The van der Waals surface area contributed by atoms with E-state index < -0.39 is 16.8 Å². The Balaban J connectivity index is 1.56. The summed E-state index contributed by atoms with van der Waals surface area (Å²) in [6.07, 6.45) is 4.50. The number of nitro groups is 1. The van der Waals surface area contributed by atoms with Gasteiger partial charge in [-0.3, -0.25) is 10.1 Å². The van der Waals surface area contributed by atoms with E-state index in [2.05, 4.69) is 38.7 Å². The van der Waals surface area contributed by atoms with Crippen molar-refractivity contribution in [2.45, 2.75) is 76.9 Å². The molecule has 1 N–H and O–H groups in total. The Bertz CT molecular complexity index is 1070. The molecule has 11 heteroatoms. The molecule has 1 saturated carbocycles. The number of hydrogen-bond acceptors (Lipinski definition) is 10. The Hall–Kier alpha value is -3.15. The first-order valence-corrected chi connectivity index (χ1v) is 13.5. The lowest BCUT2D eigenvalue weighted by atomic mass is 9.68. The van der Waals surface area contributed by atoms with E-state index in [1.807, 2.05) is 0 Å². The summed E-state index contributed by atoms with van der Waals surface area (Å²) < 4.78 is 34.1. The summed E-state index contributed by atoms with van der Waals surface area (Å²) in [5.74, 6) is 0.920. The average molecular weight is 563 g/mol. The summed E-state index contributed by atoms with van der Waals surface area (Å²) in [5, 5.41) is 13.8.